The molecule has 0 spiro atoms. The SMILES string of the molecule is CC1CNCCN1c1nc2cc(Cl)cc(-c3ccon3)c2o1. The highest BCUT2D eigenvalue weighted by atomic mass is 35.5. The van der Waals surface area contributed by atoms with Gasteiger partial charge in [-0.2, -0.15) is 4.98 Å². The first-order chi connectivity index (χ1) is 10.7. The van der Waals surface area contributed by atoms with Crippen molar-refractivity contribution in [2.75, 3.05) is 24.5 Å². The largest absolute Gasteiger partial charge is 0.423 e. The van der Waals surface area contributed by atoms with Crippen molar-refractivity contribution < 1.29 is 8.94 Å². The van der Waals surface area contributed by atoms with Crippen LogP contribution >= 0.6 is 11.6 Å². The lowest BCUT2D eigenvalue weighted by molar-refractivity contribution is 0.422. The molecule has 3 aromatic rings. The molecule has 1 atom stereocenters. The van der Waals surface area contributed by atoms with Crippen molar-refractivity contribution in [3.8, 4) is 11.3 Å². The minimum absolute atomic E-state index is 0.327. The number of rotatable bonds is 2. The van der Waals surface area contributed by atoms with Crippen LogP contribution in [0.2, 0.25) is 5.02 Å². The Labute approximate surface area is 132 Å². The Morgan fingerprint density at radius 2 is 2.32 bits per heavy atom. The van der Waals surface area contributed by atoms with Crippen molar-refractivity contribution >= 4 is 28.7 Å². The Hall–Kier alpha value is -2.05. The molecule has 1 saturated heterocycles. The molecular weight excluding hydrogens is 304 g/mol. The van der Waals surface area contributed by atoms with E-state index in [4.69, 9.17) is 20.5 Å². The molecule has 1 aromatic carbocycles. The lowest BCUT2D eigenvalue weighted by atomic mass is 10.1. The summed E-state index contributed by atoms with van der Waals surface area (Å²) in [5.74, 6) is 0. The van der Waals surface area contributed by atoms with E-state index in [0.717, 1.165) is 30.7 Å². The van der Waals surface area contributed by atoms with E-state index in [0.29, 0.717) is 28.4 Å². The van der Waals surface area contributed by atoms with Crippen molar-refractivity contribution in [1.29, 1.82) is 0 Å². The minimum Gasteiger partial charge on any atom is -0.423 e. The lowest BCUT2D eigenvalue weighted by Crippen LogP contribution is -2.50. The Bertz CT molecular complexity index is 799. The highest BCUT2D eigenvalue weighted by molar-refractivity contribution is 6.31. The fourth-order valence-corrected chi connectivity index (χ4v) is 2.99. The summed E-state index contributed by atoms with van der Waals surface area (Å²) >= 11 is 6.20. The van der Waals surface area contributed by atoms with Gasteiger partial charge in [0.25, 0.3) is 6.01 Å². The average Bonchev–Trinajstić information content (AvgIpc) is 3.15. The van der Waals surface area contributed by atoms with E-state index in [1.54, 1.807) is 12.1 Å². The average molecular weight is 319 g/mol. The summed E-state index contributed by atoms with van der Waals surface area (Å²) < 4.78 is 11.0. The topological polar surface area (TPSA) is 67.3 Å². The van der Waals surface area contributed by atoms with Crippen molar-refractivity contribution in [3.63, 3.8) is 0 Å². The number of benzene rings is 1. The van der Waals surface area contributed by atoms with Crippen LogP contribution in [0.25, 0.3) is 22.4 Å². The predicted octanol–water partition coefficient (Wildman–Crippen LogP) is 2.93. The van der Waals surface area contributed by atoms with Gasteiger partial charge in [-0.25, -0.2) is 0 Å². The zero-order valence-corrected chi connectivity index (χ0v) is 12.8. The summed E-state index contributed by atoms with van der Waals surface area (Å²) in [4.78, 5) is 6.77. The monoisotopic (exact) mass is 318 g/mol. The highest BCUT2D eigenvalue weighted by Crippen LogP contribution is 2.34. The van der Waals surface area contributed by atoms with E-state index in [2.05, 4.69) is 27.3 Å². The smallest absolute Gasteiger partial charge is 0.298 e. The minimum atomic E-state index is 0.327. The molecule has 3 heterocycles. The maximum atomic E-state index is 6.20. The number of anilines is 1. The van der Waals surface area contributed by atoms with E-state index in [1.807, 2.05) is 6.07 Å². The summed E-state index contributed by atoms with van der Waals surface area (Å²) in [6.07, 6.45) is 1.53. The Kier molecular flexibility index (Phi) is 3.28. The van der Waals surface area contributed by atoms with E-state index in [1.165, 1.54) is 6.26 Å². The number of nitrogens with one attached hydrogen (secondary N) is 1. The molecule has 4 rings (SSSR count). The fourth-order valence-electron chi connectivity index (χ4n) is 2.78. The van der Waals surface area contributed by atoms with Crippen molar-refractivity contribution in [2.24, 2.45) is 0 Å². The highest BCUT2D eigenvalue weighted by Gasteiger charge is 2.24. The van der Waals surface area contributed by atoms with Crippen LogP contribution in [0.4, 0.5) is 6.01 Å². The number of fused-ring (bicyclic) bond motifs is 1. The van der Waals surface area contributed by atoms with E-state index >= 15 is 0 Å². The van der Waals surface area contributed by atoms with Crippen LogP contribution in [0, 0.1) is 0 Å². The van der Waals surface area contributed by atoms with Gasteiger partial charge in [0.2, 0.25) is 0 Å². The molecule has 114 valence electrons. The summed E-state index contributed by atoms with van der Waals surface area (Å²) in [5.41, 5.74) is 2.88. The van der Waals surface area contributed by atoms with Crippen LogP contribution in [0.15, 0.2) is 33.4 Å². The van der Waals surface area contributed by atoms with Gasteiger partial charge in [0.15, 0.2) is 5.58 Å². The van der Waals surface area contributed by atoms with Gasteiger partial charge in [-0.15, -0.1) is 0 Å². The van der Waals surface area contributed by atoms with Crippen molar-refractivity contribution in [2.45, 2.75) is 13.0 Å². The number of aromatic nitrogens is 2. The predicted molar refractivity (Wildman–Crippen MR) is 84.2 cm³/mol. The van der Waals surface area contributed by atoms with Gasteiger partial charge < -0.3 is 19.2 Å². The zero-order valence-electron chi connectivity index (χ0n) is 12.0. The van der Waals surface area contributed by atoms with Gasteiger partial charge in [0.1, 0.15) is 17.5 Å². The van der Waals surface area contributed by atoms with E-state index in [-0.39, 0.29) is 0 Å². The molecule has 1 unspecified atom stereocenters. The molecule has 1 aliphatic heterocycles. The van der Waals surface area contributed by atoms with Gasteiger partial charge in [-0.3, -0.25) is 0 Å². The summed E-state index contributed by atoms with van der Waals surface area (Å²) in [5, 5.41) is 7.92. The number of nitrogens with zero attached hydrogens (tertiary/aromatic N) is 3. The van der Waals surface area contributed by atoms with Crippen LogP contribution in [0.5, 0.6) is 0 Å². The number of piperazine rings is 1. The second-order valence-electron chi connectivity index (χ2n) is 5.43. The molecule has 7 heteroatoms. The first-order valence-electron chi connectivity index (χ1n) is 7.20. The van der Waals surface area contributed by atoms with E-state index < -0.39 is 0 Å². The molecule has 2 aromatic heterocycles. The number of hydrogen-bond donors (Lipinski definition) is 1. The van der Waals surface area contributed by atoms with Crippen LogP contribution in [0.3, 0.4) is 0 Å². The first-order valence-corrected chi connectivity index (χ1v) is 7.58. The Morgan fingerprint density at radius 3 is 3.09 bits per heavy atom. The number of oxazole rings is 1. The van der Waals surface area contributed by atoms with Gasteiger partial charge in [0.05, 0.1) is 5.56 Å². The molecule has 0 radical (unpaired) electrons. The number of hydrogen-bond acceptors (Lipinski definition) is 6. The van der Waals surface area contributed by atoms with Crippen molar-refractivity contribution in [3.05, 3.63) is 29.5 Å². The normalized spacial score (nSPS) is 19.0. The molecular formula is C15H15ClN4O2. The third-order valence-electron chi connectivity index (χ3n) is 3.90. The van der Waals surface area contributed by atoms with E-state index in [9.17, 15) is 0 Å². The number of halogens is 1. The molecule has 0 aliphatic carbocycles. The van der Waals surface area contributed by atoms with Crippen LogP contribution in [0.1, 0.15) is 6.92 Å². The quantitative estimate of drug-likeness (QED) is 0.783. The zero-order chi connectivity index (χ0) is 15.1. The second-order valence-corrected chi connectivity index (χ2v) is 5.87. The maximum Gasteiger partial charge on any atom is 0.298 e. The van der Waals surface area contributed by atoms with Crippen molar-refractivity contribution in [1.82, 2.24) is 15.5 Å². The molecule has 1 fully saturated rings. The Morgan fingerprint density at radius 1 is 1.41 bits per heavy atom. The van der Waals surface area contributed by atoms with Crippen LogP contribution in [-0.2, 0) is 0 Å². The molecule has 0 bridgehead atoms. The summed E-state index contributed by atoms with van der Waals surface area (Å²) in [7, 11) is 0. The molecule has 0 saturated carbocycles. The summed E-state index contributed by atoms with van der Waals surface area (Å²) in [6.45, 7) is 4.84. The molecule has 22 heavy (non-hydrogen) atoms. The maximum absolute atomic E-state index is 6.20. The molecule has 0 amide bonds. The standard InChI is InChI=1S/C15H15ClN4O2/c1-9-8-17-3-4-20(9)15-18-13-7-10(16)6-11(14(13)22-15)12-2-5-21-19-12/h2,5-7,9,17H,3-4,8H2,1H3. The van der Waals surface area contributed by atoms with Gasteiger partial charge >= 0.3 is 0 Å². The third kappa shape index (κ3) is 2.24. The Balaban J connectivity index is 1.85. The molecule has 6 nitrogen and oxygen atoms in total. The molecule has 1 aliphatic rings. The fraction of sp³-hybridized carbons (Fsp3) is 0.333. The van der Waals surface area contributed by atoms with Gasteiger partial charge in [0, 0.05) is 36.8 Å². The van der Waals surface area contributed by atoms with Gasteiger partial charge in [-0.1, -0.05) is 16.8 Å². The summed E-state index contributed by atoms with van der Waals surface area (Å²) in [6, 6.07) is 6.35. The first kappa shape index (κ1) is 13.6. The van der Waals surface area contributed by atoms with Gasteiger partial charge in [-0.05, 0) is 19.1 Å². The second kappa shape index (κ2) is 5.30. The van der Waals surface area contributed by atoms with Crippen LogP contribution < -0.4 is 10.2 Å². The van der Waals surface area contributed by atoms with Crippen LogP contribution in [-0.4, -0.2) is 35.8 Å². The third-order valence-corrected chi connectivity index (χ3v) is 4.12. The lowest BCUT2D eigenvalue weighted by Gasteiger charge is -2.32. The molecule has 1 N–H and O–H groups in total.